The number of urea groups is 1. The largest absolute Gasteiger partial charge is 0.336 e. The second kappa shape index (κ2) is 8.21. The Morgan fingerprint density at radius 2 is 1.69 bits per heavy atom. The lowest BCUT2D eigenvalue weighted by Gasteiger charge is -2.32. The fraction of sp³-hybridized carbons (Fsp3) is 0.263. The van der Waals surface area contributed by atoms with Crippen LogP contribution in [0.15, 0.2) is 48.5 Å². The van der Waals surface area contributed by atoms with Crippen molar-refractivity contribution in [3.05, 3.63) is 59.1 Å². The van der Waals surface area contributed by atoms with Crippen LogP contribution >= 0.6 is 11.6 Å². The van der Waals surface area contributed by atoms with E-state index in [0.717, 1.165) is 13.1 Å². The summed E-state index contributed by atoms with van der Waals surface area (Å²) in [6, 6.07) is 13.5. The molecule has 0 unspecified atom stereocenters. The van der Waals surface area contributed by atoms with Crippen molar-refractivity contribution in [1.82, 2.24) is 9.80 Å². The van der Waals surface area contributed by atoms with Gasteiger partial charge in [-0.25, -0.2) is 4.79 Å². The highest BCUT2D eigenvalue weighted by atomic mass is 35.5. The molecule has 0 radical (unpaired) electrons. The number of carbonyl (C=O) groups is 2. The fourth-order valence-corrected chi connectivity index (χ4v) is 3.00. The van der Waals surface area contributed by atoms with Crippen molar-refractivity contribution in [1.29, 1.82) is 0 Å². The molecule has 2 N–H and O–H groups in total. The van der Waals surface area contributed by atoms with Crippen molar-refractivity contribution in [2.45, 2.75) is 0 Å². The molecule has 2 aromatic carbocycles. The number of hydrogen-bond donors (Lipinski definition) is 2. The van der Waals surface area contributed by atoms with Crippen LogP contribution in [-0.4, -0.2) is 55.0 Å². The summed E-state index contributed by atoms with van der Waals surface area (Å²) >= 11 is 5.93. The summed E-state index contributed by atoms with van der Waals surface area (Å²) in [6.07, 6.45) is 0. The van der Waals surface area contributed by atoms with E-state index < -0.39 is 6.03 Å². The third-order valence-corrected chi connectivity index (χ3v) is 4.51. The van der Waals surface area contributed by atoms with E-state index in [4.69, 9.17) is 11.6 Å². The van der Waals surface area contributed by atoms with E-state index in [0.29, 0.717) is 35.1 Å². The van der Waals surface area contributed by atoms with Crippen molar-refractivity contribution in [2.24, 2.45) is 0 Å². The Morgan fingerprint density at radius 3 is 2.42 bits per heavy atom. The van der Waals surface area contributed by atoms with E-state index >= 15 is 0 Å². The summed E-state index contributed by atoms with van der Waals surface area (Å²) < 4.78 is 0. The molecule has 136 valence electrons. The van der Waals surface area contributed by atoms with E-state index in [-0.39, 0.29) is 5.91 Å². The molecule has 0 atom stereocenters. The maximum Gasteiger partial charge on any atom is 0.323 e. The molecule has 1 heterocycles. The third kappa shape index (κ3) is 4.53. The number of halogens is 1. The Kier molecular flexibility index (Phi) is 5.75. The number of nitrogens with one attached hydrogen (secondary N) is 2. The Hall–Kier alpha value is -2.57. The first-order valence-electron chi connectivity index (χ1n) is 8.43. The van der Waals surface area contributed by atoms with E-state index in [2.05, 4.69) is 15.5 Å². The molecular formula is C19H21ClN4O2. The predicted molar refractivity (Wildman–Crippen MR) is 104 cm³/mol. The van der Waals surface area contributed by atoms with Gasteiger partial charge in [-0.2, -0.15) is 0 Å². The van der Waals surface area contributed by atoms with Gasteiger partial charge in [-0.05, 0) is 37.4 Å². The molecule has 0 spiro atoms. The lowest BCUT2D eigenvalue weighted by Crippen LogP contribution is -2.47. The smallest absolute Gasteiger partial charge is 0.323 e. The molecule has 1 aliphatic rings. The molecule has 6 nitrogen and oxygen atoms in total. The lowest BCUT2D eigenvalue weighted by molar-refractivity contribution is 0.0665. The standard InChI is InChI=1S/C19H21ClN4O2/c1-23-9-11-24(12-10-23)18(25)16-7-2-3-8-17(16)22-19(26)21-15-6-4-5-14(20)13-15/h2-8,13H,9-12H2,1H3,(H2,21,22,26). The van der Waals surface area contributed by atoms with Crippen LogP contribution in [0.1, 0.15) is 10.4 Å². The van der Waals surface area contributed by atoms with Gasteiger partial charge < -0.3 is 20.4 Å². The zero-order valence-electron chi connectivity index (χ0n) is 14.5. The molecule has 1 fully saturated rings. The van der Waals surface area contributed by atoms with Gasteiger partial charge in [0.25, 0.3) is 5.91 Å². The van der Waals surface area contributed by atoms with Gasteiger partial charge in [-0.1, -0.05) is 29.8 Å². The number of benzene rings is 2. The van der Waals surface area contributed by atoms with Crippen LogP contribution in [0.3, 0.4) is 0 Å². The summed E-state index contributed by atoms with van der Waals surface area (Å²) in [5.41, 5.74) is 1.55. The zero-order valence-corrected chi connectivity index (χ0v) is 15.3. The van der Waals surface area contributed by atoms with Crippen LogP contribution in [0.5, 0.6) is 0 Å². The minimum atomic E-state index is -0.425. The predicted octanol–water partition coefficient (Wildman–Crippen LogP) is 3.37. The quantitative estimate of drug-likeness (QED) is 0.868. The maximum absolute atomic E-state index is 12.8. The van der Waals surface area contributed by atoms with Gasteiger partial charge >= 0.3 is 6.03 Å². The third-order valence-electron chi connectivity index (χ3n) is 4.28. The molecule has 3 rings (SSSR count). The Balaban J connectivity index is 1.70. The number of rotatable bonds is 3. The Bertz CT molecular complexity index is 804. The van der Waals surface area contributed by atoms with Gasteiger partial charge in [0.15, 0.2) is 0 Å². The first kappa shape index (κ1) is 18.2. The van der Waals surface area contributed by atoms with Gasteiger partial charge in [0.05, 0.1) is 11.3 Å². The number of amides is 3. The topological polar surface area (TPSA) is 64.7 Å². The minimum Gasteiger partial charge on any atom is -0.336 e. The van der Waals surface area contributed by atoms with E-state index in [1.165, 1.54) is 0 Å². The number of para-hydroxylation sites is 1. The molecule has 26 heavy (non-hydrogen) atoms. The van der Waals surface area contributed by atoms with Crippen molar-refractivity contribution < 1.29 is 9.59 Å². The summed E-state index contributed by atoms with van der Waals surface area (Å²) in [5, 5.41) is 6.01. The molecule has 0 saturated carbocycles. The number of piperazine rings is 1. The average Bonchev–Trinajstić information content (AvgIpc) is 2.62. The lowest BCUT2D eigenvalue weighted by atomic mass is 10.1. The van der Waals surface area contributed by atoms with Gasteiger partial charge in [-0.15, -0.1) is 0 Å². The molecule has 0 bridgehead atoms. The Morgan fingerprint density at radius 1 is 0.962 bits per heavy atom. The molecular weight excluding hydrogens is 352 g/mol. The van der Waals surface area contributed by atoms with E-state index in [1.807, 2.05) is 11.9 Å². The maximum atomic E-state index is 12.8. The number of carbonyl (C=O) groups excluding carboxylic acids is 2. The van der Waals surface area contributed by atoms with E-state index in [9.17, 15) is 9.59 Å². The van der Waals surface area contributed by atoms with Crippen LogP contribution in [0.25, 0.3) is 0 Å². The van der Waals surface area contributed by atoms with Gasteiger partial charge in [0, 0.05) is 36.9 Å². The SMILES string of the molecule is CN1CCN(C(=O)c2ccccc2NC(=O)Nc2cccc(Cl)c2)CC1. The molecule has 1 saturated heterocycles. The summed E-state index contributed by atoms with van der Waals surface area (Å²) in [7, 11) is 2.04. The normalized spacial score (nSPS) is 14.8. The van der Waals surface area contributed by atoms with Crippen LogP contribution in [0, 0.1) is 0 Å². The fourth-order valence-electron chi connectivity index (χ4n) is 2.81. The van der Waals surface area contributed by atoms with E-state index in [1.54, 1.807) is 48.5 Å². The number of anilines is 2. The monoisotopic (exact) mass is 372 g/mol. The first-order valence-corrected chi connectivity index (χ1v) is 8.81. The molecule has 2 aromatic rings. The number of hydrogen-bond acceptors (Lipinski definition) is 3. The van der Waals surface area contributed by atoms with Gasteiger partial charge in [-0.3, -0.25) is 4.79 Å². The second-order valence-electron chi connectivity index (χ2n) is 6.23. The highest BCUT2D eigenvalue weighted by Gasteiger charge is 2.22. The van der Waals surface area contributed by atoms with Crippen molar-refractivity contribution in [3.63, 3.8) is 0 Å². The molecule has 7 heteroatoms. The van der Waals surface area contributed by atoms with Crippen LogP contribution < -0.4 is 10.6 Å². The number of nitrogens with zero attached hydrogens (tertiary/aromatic N) is 2. The van der Waals surface area contributed by atoms with Crippen LogP contribution in [0.4, 0.5) is 16.2 Å². The minimum absolute atomic E-state index is 0.0724. The van der Waals surface area contributed by atoms with Crippen LogP contribution in [-0.2, 0) is 0 Å². The van der Waals surface area contributed by atoms with Crippen molar-refractivity contribution in [3.8, 4) is 0 Å². The molecule has 1 aliphatic heterocycles. The van der Waals surface area contributed by atoms with Crippen LogP contribution in [0.2, 0.25) is 5.02 Å². The van der Waals surface area contributed by atoms with Gasteiger partial charge in [0.1, 0.15) is 0 Å². The van der Waals surface area contributed by atoms with Crippen molar-refractivity contribution >= 4 is 34.9 Å². The van der Waals surface area contributed by atoms with Gasteiger partial charge in [0.2, 0.25) is 0 Å². The summed E-state index contributed by atoms with van der Waals surface area (Å²) in [5.74, 6) is -0.0724. The summed E-state index contributed by atoms with van der Waals surface area (Å²) in [4.78, 5) is 29.1. The summed E-state index contributed by atoms with van der Waals surface area (Å²) in [6.45, 7) is 3.05. The second-order valence-corrected chi connectivity index (χ2v) is 6.67. The van der Waals surface area contributed by atoms with Crippen molar-refractivity contribution in [2.75, 3.05) is 43.9 Å². The highest BCUT2D eigenvalue weighted by Crippen LogP contribution is 2.20. The molecule has 3 amide bonds. The highest BCUT2D eigenvalue weighted by molar-refractivity contribution is 6.30. The number of likely N-dealkylation sites (N-methyl/N-ethyl adjacent to an activating group) is 1. The Labute approximate surface area is 157 Å². The first-order chi connectivity index (χ1) is 12.5. The molecule has 0 aromatic heterocycles. The molecule has 0 aliphatic carbocycles. The average molecular weight is 373 g/mol. The zero-order chi connectivity index (χ0) is 18.5.